The van der Waals surface area contributed by atoms with Gasteiger partial charge in [-0.1, -0.05) is 66.2 Å². The molecule has 0 saturated heterocycles. The number of hydrogen-bond donors (Lipinski definition) is 2. The Morgan fingerprint density at radius 1 is 0.966 bits per heavy atom. The van der Waals surface area contributed by atoms with Gasteiger partial charge in [0.25, 0.3) is 5.91 Å². The van der Waals surface area contributed by atoms with Gasteiger partial charge >= 0.3 is 0 Å². The van der Waals surface area contributed by atoms with Crippen LogP contribution in [0, 0.1) is 0 Å². The van der Waals surface area contributed by atoms with Crippen molar-refractivity contribution in [3.05, 3.63) is 89.2 Å². The number of amides is 2. The molecular formula is C23H18ClN3O2. The van der Waals surface area contributed by atoms with Gasteiger partial charge < -0.3 is 11.1 Å². The molecule has 0 fully saturated rings. The molecule has 144 valence electrons. The normalized spacial score (nSPS) is 12.0. The number of benzene rings is 3. The van der Waals surface area contributed by atoms with Gasteiger partial charge in [-0.25, -0.2) is 4.98 Å². The summed E-state index contributed by atoms with van der Waals surface area (Å²) in [6.07, 6.45) is 1.80. The highest BCUT2D eigenvalue weighted by molar-refractivity contribution is 6.29. The molecule has 1 aromatic heterocycles. The second-order valence-electron chi connectivity index (χ2n) is 6.82. The first-order chi connectivity index (χ1) is 14.0. The van der Waals surface area contributed by atoms with Gasteiger partial charge in [-0.3, -0.25) is 9.59 Å². The number of hydrogen-bond acceptors (Lipinski definition) is 3. The summed E-state index contributed by atoms with van der Waals surface area (Å²) in [5, 5.41) is 6.71. The number of carbonyl (C=O) groups is 2. The number of primary amides is 1. The van der Waals surface area contributed by atoms with Crippen molar-refractivity contribution in [2.75, 3.05) is 0 Å². The van der Waals surface area contributed by atoms with Crippen LogP contribution in [0.5, 0.6) is 0 Å². The molecule has 2 amide bonds. The summed E-state index contributed by atoms with van der Waals surface area (Å²) in [7, 11) is 0. The maximum absolute atomic E-state index is 13.3. The van der Waals surface area contributed by atoms with Crippen LogP contribution >= 0.6 is 11.6 Å². The summed E-state index contributed by atoms with van der Waals surface area (Å²) in [6.45, 7) is 0. The Hall–Kier alpha value is -3.44. The molecule has 4 aromatic rings. The van der Waals surface area contributed by atoms with Crippen LogP contribution in [-0.2, 0) is 11.2 Å². The summed E-state index contributed by atoms with van der Waals surface area (Å²) in [5.41, 5.74) is 6.84. The first-order valence-electron chi connectivity index (χ1n) is 9.14. The van der Waals surface area contributed by atoms with E-state index in [0.717, 1.165) is 27.1 Å². The van der Waals surface area contributed by atoms with Gasteiger partial charge in [0, 0.05) is 12.6 Å². The Bertz CT molecular complexity index is 1170. The third-order valence-corrected chi connectivity index (χ3v) is 5.10. The van der Waals surface area contributed by atoms with Crippen molar-refractivity contribution in [1.82, 2.24) is 10.3 Å². The molecule has 0 bridgehead atoms. The topological polar surface area (TPSA) is 85.1 Å². The number of halogens is 1. The van der Waals surface area contributed by atoms with E-state index in [1.165, 1.54) is 0 Å². The molecule has 0 aliphatic rings. The predicted molar refractivity (Wildman–Crippen MR) is 115 cm³/mol. The maximum Gasteiger partial charge on any atom is 0.253 e. The van der Waals surface area contributed by atoms with Crippen molar-refractivity contribution in [2.45, 2.75) is 12.5 Å². The minimum atomic E-state index is -0.872. The van der Waals surface area contributed by atoms with E-state index in [4.69, 9.17) is 17.3 Å². The lowest BCUT2D eigenvalue weighted by molar-refractivity contribution is -0.119. The molecule has 0 aliphatic heterocycles. The first-order valence-corrected chi connectivity index (χ1v) is 9.52. The summed E-state index contributed by atoms with van der Waals surface area (Å²) >= 11 is 5.81. The van der Waals surface area contributed by atoms with E-state index < -0.39 is 11.9 Å². The van der Waals surface area contributed by atoms with Crippen molar-refractivity contribution in [2.24, 2.45) is 5.73 Å². The zero-order chi connectivity index (χ0) is 20.4. The van der Waals surface area contributed by atoms with Crippen LogP contribution in [0.4, 0.5) is 0 Å². The van der Waals surface area contributed by atoms with E-state index in [-0.39, 0.29) is 12.3 Å². The smallest absolute Gasteiger partial charge is 0.253 e. The highest BCUT2D eigenvalue weighted by Crippen LogP contribution is 2.28. The van der Waals surface area contributed by atoms with Gasteiger partial charge in [0.1, 0.15) is 11.2 Å². The fourth-order valence-corrected chi connectivity index (χ4v) is 3.59. The van der Waals surface area contributed by atoms with Crippen molar-refractivity contribution >= 4 is 45.0 Å². The second kappa shape index (κ2) is 7.89. The number of rotatable bonds is 5. The first kappa shape index (κ1) is 18.9. The van der Waals surface area contributed by atoms with Crippen molar-refractivity contribution in [1.29, 1.82) is 0 Å². The van der Waals surface area contributed by atoms with E-state index in [9.17, 15) is 9.59 Å². The SMILES string of the molecule is NC(=O)[C@@H](Cc1ccc(Cl)nc1)NC(=O)c1c2ccccc2cc2ccccc12. The fourth-order valence-electron chi connectivity index (χ4n) is 3.47. The molecule has 0 radical (unpaired) electrons. The van der Waals surface area contributed by atoms with Gasteiger partial charge in [-0.15, -0.1) is 0 Å². The number of aromatic nitrogens is 1. The molecule has 29 heavy (non-hydrogen) atoms. The molecule has 5 nitrogen and oxygen atoms in total. The van der Waals surface area contributed by atoms with Crippen LogP contribution in [0.3, 0.4) is 0 Å². The number of fused-ring (bicyclic) bond motifs is 2. The largest absolute Gasteiger partial charge is 0.368 e. The van der Waals surface area contributed by atoms with Crippen LogP contribution in [0.1, 0.15) is 15.9 Å². The van der Waals surface area contributed by atoms with Crippen molar-refractivity contribution < 1.29 is 9.59 Å². The number of nitrogens with two attached hydrogens (primary N) is 1. The highest BCUT2D eigenvalue weighted by Gasteiger charge is 2.22. The Balaban J connectivity index is 1.73. The van der Waals surface area contributed by atoms with Crippen LogP contribution in [0.15, 0.2) is 72.9 Å². The molecule has 6 heteroatoms. The molecule has 1 atom stereocenters. The molecule has 4 rings (SSSR count). The van der Waals surface area contributed by atoms with E-state index in [0.29, 0.717) is 10.7 Å². The Morgan fingerprint density at radius 3 is 2.14 bits per heavy atom. The summed E-state index contributed by atoms with van der Waals surface area (Å²) < 4.78 is 0. The number of carbonyl (C=O) groups excluding carboxylic acids is 2. The van der Waals surface area contributed by atoms with Gasteiger partial charge in [-0.2, -0.15) is 0 Å². The van der Waals surface area contributed by atoms with Crippen molar-refractivity contribution in [3.63, 3.8) is 0 Å². The number of pyridine rings is 1. The molecule has 0 spiro atoms. The van der Waals surface area contributed by atoms with Crippen LogP contribution < -0.4 is 11.1 Å². The summed E-state index contributed by atoms with van der Waals surface area (Å²) in [4.78, 5) is 29.3. The second-order valence-corrected chi connectivity index (χ2v) is 7.20. The third kappa shape index (κ3) is 3.91. The molecule has 0 aliphatic carbocycles. The fraction of sp³-hybridized carbons (Fsp3) is 0.0870. The van der Waals surface area contributed by atoms with Gasteiger partial charge in [0.15, 0.2) is 0 Å². The molecule has 3 aromatic carbocycles. The molecule has 0 unspecified atom stereocenters. The molecular weight excluding hydrogens is 386 g/mol. The lowest BCUT2D eigenvalue weighted by Gasteiger charge is -2.18. The van der Waals surface area contributed by atoms with E-state index >= 15 is 0 Å². The number of nitrogens with zero attached hydrogens (tertiary/aromatic N) is 1. The average molecular weight is 404 g/mol. The summed E-state index contributed by atoms with van der Waals surface area (Å²) in [6, 6.07) is 19.9. The quantitative estimate of drug-likeness (QED) is 0.392. The summed E-state index contributed by atoms with van der Waals surface area (Å²) in [5.74, 6) is -0.957. The third-order valence-electron chi connectivity index (χ3n) is 4.88. The van der Waals surface area contributed by atoms with Gasteiger partial charge in [0.2, 0.25) is 5.91 Å². The maximum atomic E-state index is 13.3. The Kier molecular flexibility index (Phi) is 5.14. The standard InChI is InChI=1S/C23H18ClN3O2/c24-20-10-9-14(13-26-20)11-19(22(25)28)27-23(29)21-17-7-3-1-5-15(17)12-16-6-2-4-8-18(16)21/h1-10,12-13,19H,11H2,(H2,25,28)(H,27,29)/t19-/m1/s1. The molecule has 0 saturated carbocycles. The zero-order valence-corrected chi connectivity index (χ0v) is 16.2. The predicted octanol–water partition coefficient (Wildman–Crippen LogP) is 3.87. The Labute approximate surface area is 172 Å². The Morgan fingerprint density at radius 2 is 1.59 bits per heavy atom. The van der Waals surface area contributed by atoms with Crippen LogP contribution in [-0.4, -0.2) is 22.8 Å². The van der Waals surface area contributed by atoms with Crippen LogP contribution in [0.2, 0.25) is 5.15 Å². The van der Waals surface area contributed by atoms with E-state index in [1.54, 1.807) is 18.3 Å². The zero-order valence-electron chi connectivity index (χ0n) is 15.4. The van der Waals surface area contributed by atoms with E-state index in [2.05, 4.69) is 10.3 Å². The van der Waals surface area contributed by atoms with E-state index in [1.807, 2.05) is 54.6 Å². The number of nitrogens with one attached hydrogen (secondary N) is 1. The minimum absolute atomic E-state index is 0.230. The van der Waals surface area contributed by atoms with Gasteiger partial charge in [0.05, 0.1) is 5.56 Å². The monoisotopic (exact) mass is 403 g/mol. The molecule has 1 heterocycles. The molecule has 3 N–H and O–H groups in total. The lowest BCUT2D eigenvalue weighted by Crippen LogP contribution is -2.46. The minimum Gasteiger partial charge on any atom is -0.368 e. The van der Waals surface area contributed by atoms with Crippen LogP contribution in [0.25, 0.3) is 21.5 Å². The highest BCUT2D eigenvalue weighted by atomic mass is 35.5. The average Bonchev–Trinajstić information content (AvgIpc) is 2.72. The lowest BCUT2D eigenvalue weighted by atomic mass is 9.96. The van der Waals surface area contributed by atoms with Crippen molar-refractivity contribution in [3.8, 4) is 0 Å². The van der Waals surface area contributed by atoms with Gasteiger partial charge in [-0.05, 0) is 39.2 Å².